The van der Waals surface area contributed by atoms with Gasteiger partial charge in [-0.3, -0.25) is 0 Å². The Balaban J connectivity index is 0.000000141. The zero-order chi connectivity index (χ0) is 17.1. The number of hydrogen-bond donors (Lipinski definition) is 0. The van der Waals surface area contributed by atoms with E-state index in [0.29, 0.717) is 12.1 Å². The number of nitrogens with zero attached hydrogens (tertiary/aromatic N) is 6. The summed E-state index contributed by atoms with van der Waals surface area (Å²) in [5.41, 5.74) is 0. The molecule has 10 heteroatoms. The van der Waals surface area contributed by atoms with Gasteiger partial charge in [-0.15, -0.1) is 20.4 Å². The summed E-state index contributed by atoms with van der Waals surface area (Å²) < 4.78 is 3.43. The Morgan fingerprint density at radius 3 is 1.42 bits per heavy atom. The van der Waals surface area contributed by atoms with E-state index in [9.17, 15) is 0 Å². The van der Waals surface area contributed by atoms with Crippen molar-refractivity contribution in [3.05, 3.63) is 17.5 Å². The second-order valence-electron chi connectivity index (χ2n) is 6.08. The predicted molar refractivity (Wildman–Crippen MR) is 111 cm³/mol. The smallest absolute Gasteiger partial charge is 0.162 e. The van der Waals surface area contributed by atoms with Gasteiger partial charge in [-0.05, 0) is 96.1 Å². The summed E-state index contributed by atoms with van der Waals surface area (Å²) in [6.07, 6.45) is 10.2. The van der Waals surface area contributed by atoms with Crippen molar-refractivity contribution >= 4 is 70.4 Å². The van der Waals surface area contributed by atoms with Gasteiger partial charge in [-0.25, -0.2) is 0 Å². The lowest BCUT2D eigenvalue weighted by Crippen LogP contribution is -2.08. The van der Waals surface area contributed by atoms with E-state index in [1.165, 1.54) is 51.4 Å². The normalized spacial score (nSPS) is 18.8. The van der Waals surface area contributed by atoms with Crippen molar-refractivity contribution in [3.8, 4) is 0 Å². The second kappa shape index (κ2) is 8.90. The van der Waals surface area contributed by atoms with E-state index in [1.807, 2.05) is 9.59 Å². The highest BCUT2D eigenvalue weighted by molar-refractivity contribution is 14.1. The molecule has 2 saturated carbocycles. The molecule has 0 bridgehead atoms. The van der Waals surface area contributed by atoms with Gasteiger partial charge >= 0.3 is 0 Å². The third-order valence-corrected chi connectivity index (χ3v) is 8.01. The first-order valence-corrected chi connectivity index (χ1v) is 11.6. The fraction of sp³-hybridized carbons (Fsp3) is 0.714. The molecule has 0 aromatic carbocycles. The Morgan fingerprint density at radius 1 is 0.667 bits per heavy atom. The molecule has 2 aromatic heterocycles. The van der Waals surface area contributed by atoms with Crippen LogP contribution in [0, 0.1) is 3.70 Å². The summed E-state index contributed by atoms with van der Waals surface area (Å²) in [6, 6.07) is 1.07. The van der Waals surface area contributed by atoms with Crippen LogP contribution in [0.3, 0.4) is 0 Å². The van der Waals surface area contributed by atoms with Crippen LogP contribution in [0.5, 0.6) is 0 Å². The largest absolute Gasteiger partial charge is 0.180 e. The lowest BCUT2D eigenvalue weighted by molar-refractivity contribution is 0.411. The summed E-state index contributed by atoms with van der Waals surface area (Å²) >= 11 is 12.2. The van der Waals surface area contributed by atoms with E-state index in [-0.39, 0.29) is 0 Å². The molecule has 2 heterocycles. The van der Waals surface area contributed by atoms with E-state index < -0.39 is 0 Å². The average molecular weight is 637 g/mol. The zero-order valence-corrected chi connectivity index (χ0v) is 19.9. The third kappa shape index (κ3) is 4.79. The van der Waals surface area contributed by atoms with Crippen LogP contribution in [0.1, 0.15) is 63.5 Å². The molecule has 2 aromatic rings. The van der Waals surface area contributed by atoms with Crippen LogP contribution in [0.25, 0.3) is 0 Å². The van der Waals surface area contributed by atoms with E-state index >= 15 is 0 Å². The molecule has 2 aliphatic rings. The maximum atomic E-state index is 4.34. The van der Waals surface area contributed by atoms with Gasteiger partial charge in [-0.1, -0.05) is 25.7 Å². The van der Waals surface area contributed by atoms with Gasteiger partial charge in [-0.2, -0.15) is 9.59 Å². The fourth-order valence-electron chi connectivity index (χ4n) is 3.17. The Hall–Kier alpha value is 0.450. The number of rotatable bonds is 2. The summed E-state index contributed by atoms with van der Waals surface area (Å²) in [6.45, 7) is 0. The van der Waals surface area contributed by atoms with Crippen LogP contribution in [-0.4, -0.2) is 30.0 Å². The van der Waals surface area contributed by atoms with Gasteiger partial charge in [0.25, 0.3) is 0 Å². The highest BCUT2D eigenvalue weighted by Gasteiger charge is 2.20. The first kappa shape index (κ1) is 19.2. The maximum absolute atomic E-state index is 4.34. The molecule has 132 valence electrons. The molecule has 0 atom stereocenters. The number of hydrogen-bond acceptors (Lipinski definition) is 4. The molecule has 0 saturated heterocycles. The minimum absolute atomic E-state index is 0.521. The van der Waals surface area contributed by atoms with E-state index in [0.717, 1.165) is 17.5 Å². The molecular formula is C14H18Br3IN6. The Labute approximate surface area is 180 Å². The van der Waals surface area contributed by atoms with Crippen LogP contribution >= 0.6 is 70.4 Å². The minimum atomic E-state index is 0.521. The Kier molecular flexibility index (Phi) is 7.12. The van der Waals surface area contributed by atoms with Crippen LogP contribution in [0.15, 0.2) is 13.8 Å². The molecule has 2 fully saturated rings. The van der Waals surface area contributed by atoms with E-state index in [1.54, 1.807) is 0 Å². The van der Waals surface area contributed by atoms with Crippen molar-refractivity contribution in [1.82, 2.24) is 30.0 Å². The van der Waals surface area contributed by atoms with Crippen LogP contribution in [0.2, 0.25) is 0 Å². The SMILES string of the molecule is Brc1nn(C2CCCC2)nc1Br.Brc1nn(C2CCCC2)nc1I. The van der Waals surface area contributed by atoms with E-state index in [4.69, 9.17) is 0 Å². The fourth-order valence-corrected chi connectivity index (χ4v) is 4.22. The summed E-state index contributed by atoms with van der Waals surface area (Å²) in [4.78, 5) is 3.68. The maximum Gasteiger partial charge on any atom is 0.162 e. The number of aromatic nitrogens is 6. The van der Waals surface area contributed by atoms with Crippen molar-refractivity contribution in [3.63, 3.8) is 0 Å². The lowest BCUT2D eigenvalue weighted by Gasteiger charge is -2.05. The first-order chi connectivity index (χ1) is 11.5. The van der Waals surface area contributed by atoms with Gasteiger partial charge in [0.15, 0.2) is 17.5 Å². The molecule has 2 aliphatic carbocycles. The van der Waals surface area contributed by atoms with Gasteiger partial charge < -0.3 is 0 Å². The van der Waals surface area contributed by atoms with Gasteiger partial charge in [0.05, 0.1) is 12.1 Å². The van der Waals surface area contributed by atoms with Crippen molar-refractivity contribution in [2.24, 2.45) is 0 Å². The molecule has 0 amide bonds. The summed E-state index contributed by atoms with van der Waals surface area (Å²) in [7, 11) is 0. The lowest BCUT2D eigenvalue weighted by atomic mass is 10.3. The van der Waals surface area contributed by atoms with Crippen LogP contribution in [0.4, 0.5) is 0 Å². The van der Waals surface area contributed by atoms with Gasteiger partial charge in [0, 0.05) is 0 Å². The average Bonchev–Trinajstić information content (AvgIpc) is 3.32. The van der Waals surface area contributed by atoms with E-state index in [2.05, 4.69) is 90.8 Å². The zero-order valence-electron chi connectivity index (χ0n) is 13.0. The predicted octanol–water partition coefficient (Wildman–Crippen LogP) is 5.68. The molecule has 0 aliphatic heterocycles. The Morgan fingerprint density at radius 2 is 1.04 bits per heavy atom. The molecule has 0 spiro atoms. The van der Waals surface area contributed by atoms with Crippen LogP contribution < -0.4 is 0 Å². The second-order valence-corrected chi connectivity index (χ2v) is 9.36. The summed E-state index contributed by atoms with van der Waals surface area (Å²) in [5, 5.41) is 17.2. The minimum Gasteiger partial charge on any atom is -0.180 e. The van der Waals surface area contributed by atoms with Crippen LogP contribution in [-0.2, 0) is 0 Å². The standard InChI is InChI=1S/C7H9Br2N3.C7H9BrIN3/c2*8-6-7(9)11-12(10-6)5-3-1-2-4-5/h2*5H,1-4H2. The molecule has 0 N–H and O–H groups in total. The molecular weight excluding hydrogens is 619 g/mol. The Bertz CT molecular complexity index is 579. The van der Waals surface area contributed by atoms with Gasteiger partial charge in [0.1, 0.15) is 0 Å². The molecule has 0 unspecified atom stereocenters. The number of halogens is 4. The first-order valence-electron chi connectivity index (χ1n) is 8.10. The summed E-state index contributed by atoms with van der Waals surface area (Å²) in [5.74, 6) is 0. The third-order valence-electron chi connectivity index (χ3n) is 4.40. The molecule has 4 rings (SSSR count). The highest BCUT2D eigenvalue weighted by Crippen LogP contribution is 2.30. The quantitative estimate of drug-likeness (QED) is 0.398. The monoisotopic (exact) mass is 634 g/mol. The van der Waals surface area contributed by atoms with Crippen molar-refractivity contribution in [1.29, 1.82) is 0 Å². The molecule has 0 radical (unpaired) electrons. The van der Waals surface area contributed by atoms with Crippen molar-refractivity contribution < 1.29 is 0 Å². The molecule has 24 heavy (non-hydrogen) atoms. The van der Waals surface area contributed by atoms with Crippen molar-refractivity contribution in [2.75, 3.05) is 0 Å². The van der Waals surface area contributed by atoms with Gasteiger partial charge in [0.2, 0.25) is 0 Å². The topological polar surface area (TPSA) is 61.4 Å². The highest BCUT2D eigenvalue weighted by atomic mass is 127. The molecule has 6 nitrogen and oxygen atoms in total. The van der Waals surface area contributed by atoms with Crippen molar-refractivity contribution in [2.45, 2.75) is 63.5 Å².